The van der Waals surface area contributed by atoms with Crippen molar-refractivity contribution in [1.29, 1.82) is 0 Å². The van der Waals surface area contributed by atoms with Crippen LogP contribution >= 0.6 is 0 Å². The fourth-order valence-corrected chi connectivity index (χ4v) is 3.87. The standard InChI is InChI=1S/C25H19F2N3O3S/c1-34(32,33)21-12-13-22(27)23(15-21)28-24(31)14-9-18-16-30(20-5-3-2-4-6-20)29-25(18)17-7-10-19(26)11-8-17/h2-16H,1H3,(H,28,31)/b14-9+. The Morgan fingerprint density at radius 1 is 1.00 bits per heavy atom. The Balaban J connectivity index is 1.65. The predicted molar refractivity (Wildman–Crippen MR) is 126 cm³/mol. The highest BCUT2D eigenvalue weighted by Gasteiger charge is 2.14. The Hall–Kier alpha value is -4.11. The Morgan fingerprint density at radius 3 is 2.38 bits per heavy atom. The van der Waals surface area contributed by atoms with Crippen LogP contribution < -0.4 is 5.32 Å². The number of aromatic nitrogens is 2. The molecule has 0 bridgehead atoms. The normalized spacial score (nSPS) is 11.6. The molecule has 172 valence electrons. The molecule has 3 aromatic carbocycles. The summed E-state index contributed by atoms with van der Waals surface area (Å²) >= 11 is 0. The van der Waals surface area contributed by atoms with Gasteiger partial charge in [-0.25, -0.2) is 21.9 Å². The lowest BCUT2D eigenvalue weighted by atomic mass is 10.1. The number of amides is 1. The van der Waals surface area contributed by atoms with Crippen LogP contribution in [0, 0.1) is 11.6 Å². The maximum Gasteiger partial charge on any atom is 0.248 e. The van der Waals surface area contributed by atoms with Crippen molar-refractivity contribution in [1.82, 2.24) is 9.78 Å². The smallest absolute Gasteiger partial charge is 0.248 e. The second kappa shape index (κ2) is 9.40. The highest BCUT2D eigenvalue weighted by atomic mass is 32.2. The van der Waals surface area contributed by atoms with Gasteiger partial charge in [0.25, 0.3) is 0 Å². The molecule has 0 radical (unpaired) electrons. The van der Waals surface area contributed by atoms with Crippen LogP contribution in [0.4, 0.5) is 14.5 Å². The summed E-state index contributed by atoms with van der Waals surface area (Å²) in [6, 6.07) is 18.3. The first-order valence-corrected chi connectivity index (χ1v) is 12.0. The van der Waals surface area contributed by atoms with E-state index in [-0.39, 0.29) is 16.4 Å². The lowest BCUT2D eigenvalue weighted by molar-refractivity contribution is -0.111. The number of carbonyl (C=O) groups is 1. The number of anilines is 1. The molecule has 4 rings (SSSR count). The van der Waals surface area contributed by atoms with E-state index < -0.39 is 21.6 Å². The Labute approximate surface area is 195 Å². The van der Waals surface area contributed by atoms with Crippen molar-refractivity contribution in [3.8, 4) is 16.9 Å². The summed E-state index contributed by atoms with van der Waals surface area (Å²) < 4.78 is 52.6. The zero-order valence-corrected chi connectivity index (χ0v) is 18.8. The molecule has 0 aliphatic rings. The van der Waals surface area contributed by atoms with Crippen molar-refractivity contribution < 1.29 is 22.0 Å². The number of hydrogen-bond donors (Lipinski definition) is 1. The van der Waals surface area contributed by atoms with Gasteiger partial charge in [0.1, 0.15) is 11.6 Å². The van der Waals surface area contributed by atoms with Gasteiger partial charge in [0.05, 0.1) is 22.0 Å². The van der Waals surface area contributed by atoms with E-state index in [1.54, 1.807) is 23.0 Å². The Morgan fingerprint density at radius 2 is 1.71 bits per heavy atom. The molecule has 0 fully saturated rings. The van der Waals surface area contributed by atoms with Gasteiger partial charge in [-0.3, -0.25) is 4.79 Å². The number of hydrogen-bond acceptors (Lipinski definition) is 4. The highest BCUT2D eigenvalue weighted by Crippen LogP contribution is 2.25. The summed E-state index contributed by atoms with van der Waals surface area (Å²) in [6.07, 6.45) is 5.39. The van der Waals surface area contributed by atoms with Crippen molar-refractivity contribution in [3.05, 3.63) is 102 Å². The molecule has 0 saturated heterocycles. The SMILES string of the molecule is CS(=O)(=O)c1ccc(F)c(NC(=O)/C=C/c2cn(-c3ccccc3)nc2-c2ccc(F)cc2)c1. The van der Waals surface area contributed by atoms with Gasteiger partial charge in [-0.05, 0) is 60.7 Å². The summed E-state index contributed by atoms with van der Waals surface area (Å²) in [4.78, 5) is 12.4. The van der Waals surface area contributed by atoms with Gasteiger partial charge in [-0.2, -0.15) is 5.10 Å². The van der Waals surface area contributed by atoms with Crippen LogP contribution in [0.25, 0.3) is 23.0 Å². The highest BCUT2D eigenvalue weighted by molar-refractivity contribution is 7.90. The number of carbonyl (C=O) groups excluding carboxylic acids is 1. The third-order valence-corrected chi connectivity index (χ3v) is 6.03. The molecule has 0 aliphatic heterocycles. The minimum absolute atomic E-state index is 0.115. The zero-order chi connectivity index (χ0) is 24.3. The number of para-hydroxylation sites is 1. The monoisotopic (exact) mass is 479 g/mol. The molecule has 6 nitrogen and oxygen atoms in total. The number of rotatable bonds is 6. The number of sulfone groups is 1. The van der Waals surface area contributed by atoms with E-state index in [9.17, 15) is 22.0 Å². The molecule has 9 heteroatoms. The van der Waals surface area contributed by atoms with E-state index in [1.165, 1.54) is 24.3 Å². The predicted octanol–water partition coefficient (Wildman–Crippen LogP) is 4.87. The van der Waals surface area contributed by atoms with Gasteiger partial charge in [0, 0.05) is 29.7 Å². The quantitative estimate of drug-likeness (QED) is 0.316. The van der Waals surface area contributed by atoms with Crippen molar-refractivity contribution in [2.75, 3.05) is 11.6 Å². The molecule has 1 heterocycles. The van der Waals surface area contributed by atoms with Crippen molar-refractivity contribution in [3.63, 3.8) is 0 Å². The fraction of sp³-hybridized carbons (Fsp3) is 0.0400. The first-order chi connectivity index (χ1) is 16.2. The molecule has 0 unspecified atom stereocenters. The van der Waals surface area contributed by atoms with Crippen LogP contribution in [0.5, 0.6) is 0 Å². The first-order valence-electron chi connectivity index (χ1n) is 10.1. The third kappa shape index (κ3) is 5.26. The number of benzene rings is 3. The second-order valence-electron chi connectivity index (χ2n) is 7.46. The molecule has 0 aliphatic carbocycles. The van der Waals surface area contributed by atoms with Crippen LogP contribution in [-0.4, -0.2) is 30.4 Å². The van der Waals surface area contributed by atoms with Crippen molar-refractivity contribution in [2.45, 2.75) is 4.90 Å². The summed E-state index contributed by atoms with van der Waals surface area (Å²) in [7, 11) is -3.57. The van der Waals surface area contributed by atoms with E-state index >= 15 is 0 Å². The van der Waals surface area contributed by atoms with Crippen LogP contribution in [0.1, 0.15) is 5.56 Å². The van der Waals surface area contributed by atoms with Gasteiger partial charge in [-0.15, -0.1) is 0 Å². The first kappa shape index (κ1) is 23.1. The molecular formula is C25H19F2N3O3S. The third-order valence-electron chi connectivity index (χ3n) is 4.92. The van der Waals surface area contributed by atoms with Crippen LogP contribution in [0.2, 0.25) is 0 Å². The van der Waals surface area contributed by atoms with E-state index in [2.05, 4.69) is 10.4 Å². The average molecular weight is 480 g/mol. The summed E-state index contributed by atoms with van der Waals surface area (Å²) in [5.41, 5.74) is 2.25. The molecule has 0 spiro atoms. The van der Waals surface area contributed by atoms with E-state index in [4.69, 9.17) is 0 Å². The number of nitrogens with zero attached hydrogens (tertiary/aromatic N) is 2. The maximum absolute atomic E-state index is 14.1. The summed E-state index contributed by atoms with van der Waals surface area (Å²) in [5.74, 6) is -1.82. The maximum atomic E-state index is 14.1. The van der Waals surface area contributed by atoms with Gasteiger partial charge < -0.3 is 5.32 Å². The molecule has 1 N–H and O–H groups in total. The van der Waals surface area contributed by atoms with E-state index in [0.29, 0.717) is 16.8 Å². The molecule has 34 heavy (non-hydrogen) atoms. The van der Waals surface area contributed by atoms with Crippen LogP contribution in [0.15, 0.2) is 90.0 Å². The van der Waals surface area contributed by atoms with E-state index in [0.717, 1.165) is 30.1 Å². The molecule has 0 atom stereocenters. The van der Waals surface area contributed by atoms with Crippen LogP contribution in [-0.2, 0) is 14.6 Å². The Kier molecular flexibility index (Phi) is 6.38. The fourth-order valence-electron chi connectivity index (χ4n) is 3.23. The van der Waals surface area contributed by atoms with Crippen molar-refractivity contribution in [2.24, 2.45) is 0 Å². The van der Waals surface area contributed by atoms with Gasteiger partial charge >= 0.3 is 0 Å². The topological polar surface area (TPSA) is 81.1 Å². The summed E-state index contributed by atoms with van der Waals surface area (Å²) in [6.45, 7) is 0. The molecular weight excluding hydrogens is 460 g/mol. The molecule has 1 aromatic heterocycles. The minimum Gasteiger partial charge on any atom is -0.320 e. The van der Waals surface area contributed by atoms with Crippen LogP contribution in [0.3, 0.4) is 0 Å². The second-order valence-corrected chi connectivity index (χ2v) is 9.47. The summed E-state index contributed by atoms with van der Waals surface area (Å²) in [5, 5.41) is 6.94. The van der Waals surface area contributed by atoms with Gasteiger partial charge in [-0.1, -0.05) is 18.2 Å². The average Bonchev–Trinajstić information content (AvgIpc) is 3.24. The van der Waals surface area contributed by atoms with Crippen molar-refractivity contribution >= 4 is 27.5 Å². The molecule has 1 amide bonds. The van der Waals surface area contributed by atoms with Gasteiger partial charge in [0.2, 0.25) is 5.91 Å². The van der Waals surface area contributed by atoms with Gasteiger partial charge in [0.15, 0.2) is 9.84 Å². The minimum atomic E-state index is -3.57. The lowest BCUT2D eigenvalue weighted by Crippen LogP contribution is -2.10. The largest absolute Gasteiger partial charge is 0.320 e. The van der Waals surface area contributed by atoms with E-state index in [1.807, 2.05) is 30.3 Å². The molecule has 0 saturated carbocycles. The lowest BCUT2D eigenvalue weighted by Gasteiger charge is -2.06. The Bertz CT molecular complexity index is 1480. The number of halogens is 2. The molecule has 4 aromatic rings. The number of nitrogens with one attached hydrogen (secondary N) is 1. The zero-order valence-electron chi connectivity index (χ0n) is 17.9.